The molecule has 0 saturated carbocycles. The molecule has 0 aliphatic rings. The topological polar surface area (TPSA) is 109 Å². The van der Waals surface area contributed by atoms with Crippen molar-refractivity contribution < 1.29 is 23.5 Å². The Morgan fingerprint density at radius 3 is 2.32 bits per heavy atom. The maximum Gasteiger partial charge on any atom is 0.329 e. The van der Waals surface area contributed by atoms with Crippen molar-refractivity contribution in [1.29, 1.82) is 0 Å². The molecule has 3 amide bonds. The van der Waals surface area contributed by atoms with E-state index in [1.807, 2.05) is 0 Å². The van der Waals surface area contributed by atoms with Crippen molar-refractivity contribution in [1.82, 2.24) is 5.43 Å². The van der Waals surface area contributed by atoms with Gasteiger partial charge in [-0.2, -0.15) is 5.10 Å². The van der Waals surface area contributed by atoms with E-state index in [0.29, 0.717) is 17.0 Å². The van der Waals surface area contributed by atoms with Gasteiger partial charge in [0, 0.05) is 5.69 Å². The van der Waals surface area contributed by atoms with Gasteiger partial charge in [-0.25, -0.2) is 9.82 Å². The number of hydrazone groups is 1. The zero-order valence-corrected chi connectivity index (χ0v) is 18.9. The fraction of sp³-hybridized carbons (Fsp3) is 0.0435. The molecule has 0 spiro atoms. The Morgan fingerprint density at radius 1 is 0.912 bits per heavy atom. The van der Waals surface area contributed by atoms with Gasteiger partial charge in [-0.15, -0.1) is 0 Å². The molecule has 0 saturated heterocycles. The number of amides is 3. The lowest BCUT2D eigenvalue weighted by Crippen LogP contribution is -2.32. The van der Waals surface area contributed by atoms with Crippen LogP contribution in [0.5, 0.6) is 5.75 Å². The second-order valence-electron chi connectivity index (χ2n) is 6.67. The lowest BCUT2D eigenvalue weighted by molar-refractivity contribution is -0.136. The van der Waals surface area contributed by atoms with Gasteiger partial charge in [-0.05, 0) is 66.2 Å². The van der Waals surface area contributed by atoms with E-state index in [-0.39, 0.29) is 22.3 Å². The molecule has 11 heteroatoms. The van der Waals surface area contributed by atoms with E-state index in [2.05, 4.69) is 21.2 Å². The van der Waals surface area contributed by atoms with Crippen LogP contribution in [0.2, 0.25) is 10.0 Å². The predicted molar refractivity (Wildman–Crippen MR) is 128 cm³/mol. The quantitative estimate of drug-likeness (QED) is 0.255. The number of anilines is 2. The maximum absolute atomic E-state index is 12.9. The second kappa shape index (κ2) is 11.8. The zero-order chi connectivity index (χ0) is 24.5. The Balaban J connectivity index is 1.44. The summed E-state index contributed by atoms with van der Waals surface area (Å²) in [5, 5.41) is 9.00. The number of benzene rings is 3. The molecule has 3 N–H and O–H groups in total. The van der Waals surface area contributed by atoms with Gasteiger partial charge in [-0.3, -0.25) is 14.4 Å². The SMILES string of the molecule is O=C(COc1ccc(/C=N\NC(=O)C(=O)Nc2cccc(Cl)c2Cl)cc1)Nc1ccc(F)cc1. The summed E-state index contributed by atoms with van der Waals surface area (Å²) in [6, 6.07) is 16.4. The number of nitrogens with zero attached hydrogens (tertiary/aromatic N) is 1. The standard InChI is InChI=1S/C23H17Cl2FN4O4/c24-18-2-1-3-19(21(18)25)29-22(32)23(33)30-27-12-14-4-10-17(11-5-14)34-13-20(31)28-16-8-6-15(26)7-9-16/h1-12H,13H2,(H,28,31)(H,29,32)(H,30,33)/b27-12-. The number of hydrogen-bond donors (Lipinski definition) is 3. The molecular weight excluding hydrogens is 486 g/mol. The summed E-state index contributed by atoms with van der Waals surface area (Å²) in [5.74, 6) is -2.35. The second-order valence-corrected chi connectivity index (χ2v) is 7.45. The van der Waals surface area contributed by atoms with Gasteiger partial charge in [0.05, 0.1) is 21.9 Å². The fourth-order valence-corrected chi connectivity index (χ4v) is 2.87. The summed E-state index contributed by atoms with van der Waals surface area (Å²) >= 11 is 11.8. The molecule has 0 fully saturated rings. The summed E-state index contributed by atoms with van der Waals surface area (Å²) in [7, 11) is 0. The van der Waals surface area contributed by atoms with Crippen molar-refractivity contribution in [2.45, 2.75) is 0 Å². The van der Waals surface area contributed by atoms with Crippen LogP contribution in [-0.2, 0) is 14.4 Å². The summed E-state index contributed by atoms with van der Waals surface area (Å²) < 4.78 is 18.3. The first kappa shape index (κ1) is 24.7. The van der Waals surface area contributed by atoms with Crippen LogP contribution >= 0.6 is 23.2 Å². The molecule has 0 radical (unpaired) electrons. The van der Waals surface area contributed by atoms with E-state index in [1.54, 1.807) is 36.4 Å². The smallest absolute Gasteiger partial charge is 0.329 e. The summed E-state index contributed by atoms with van der Waals surface area (Å²) in [6.07, 6.45) is 1.32. The van der Waals surface area contributed by atoms with Crippen LogP contribution in [0.25, 0.3) is 0 Å². The van der Waals surface area contributed by atoms with Crippen LogP contribution in [-0.4, -0.2) is 30.5 Å². The van der Waals surface area contributed by atoms with Crippen LogP contribution in [0, 0.1) is 5.82 Å². The minimum atomic E-state index is -1.00. The molecule has 0 aromatic heterocycles. The van der Waals surface area contributed by atoms with E-state index in [4.69, 9.17) is 27.9 Å². The molecule has 3 aromatic rings. The number of carbonyl (C=O) groups excluding carboxylic acids is 3. The van der Waals surface area contributed by atoms with Gasteiger partial charge < -0.3 is 15.4 Å². The van der Waals surface area contributed by atoms with E-state index in [9.17, 15) is 18.8 Å². The summed E-state index contributed by atoms with van der Waals surface area (Å²) in [6.45, 7) is -0.243. The molecule has 0 aliphatic heterocycles. The first-order valence-electron chi connectivity index (χ1n) is 9.68. The number of rotatable bonds is 7. The van der Waals surface area contributed by atoms with Crippen molar-refractivity contribution >= 4 is 58.5 Å². The molecule has 174 valence electrons. The number of nitrogens with one attached hydrogen (secondary N) is 3. The van der Waals surface area contributed by atoms with Crippen molar-refractivity contribution in [3.8, 4) is 5.75 Å². The van der Waals surface area contributed by atoms with Crippen LogP contribution in [0.4, 0.5) is 15.8 Å². The van der Waals surface area contributed by atoms with Gasteiger partial charge in [0.25, 0.3) is 5.91 Å². The monoisotopic (exact) mass is 502 g/mol. The fourth-order valence-electron chi connectivity index (χ4n) is 2.52. The van der Waals surface area contributed by atoms with Crippen LogP contribution < -0.4 is 20.8 Å². The number of halogens is 3. The highest BCUT2D eigenvalue weighted by Gasteiger charge is 2.15. The van der Waals surface area contributed by atoms with Crippen LogP contribution in [0.3, 0.4) is 0 Å². The van der Waals surface area contributed by atoms with E-state index in [1.165, 1.54) is 36.5 Å². The highest BCUT2D eigenvalue weighted by Crippen LogP contribution is 2.29. The van der Waals surface area contributed by atoms with Crippen LogP contribution in [0.1, 0.15) is 5.56 Å². The van der Waals surface area contributed by atoms with E-state index >= 15 is 0 Å². The van der Waals surface area contributed by atoms with Crippen molar-refractivity contribution in [3.05, 3.63) is 88.2 Å². The molecule has 3 rings (SSSR count). The molecule has 0 bridgehead atoms. The Hall–Kier alpha value is -3.95. The Labute approximate surface area is 203 Å². The third-order valence-electron chi connectivity index (χ3n) is 4.16. The lowest BCUT2D eigenvalue weighted by Gasteiger charge is -2.08. The van der Waals surface area contributed by atoms with Gasteiger partial charge >= 0.3 is 11.8 Å². The number of ether oxygens (including phenoxy) is 1. The highest BCUT2D eigenvalue weighted by molar-refractivity contribution is 6.45. The van der Waals surface area contributed by atoms with E-state index in [0.717, 1.165) is 0 Å². The number of hydrogen-bond acceptors (Lipinski definition) is 5. The molecule has 3 aromatic carbocycles. The average Bonchev–Trinajstić information content (AvgIpc) is 2.83. The molecule has 0 heterocycles. The minimum Gasteiger partial charge on any atom is -0.484 e. The van der Waals surface area contributed by atoms with Gasteiger partial charge in [-0.1, -0.05) is 29.3 Å². The molecular formula is C23H17Cl2FN4O4. The van der Waals surface area contributed by atoms with E-state index < -0.39 is 23.5 Å². The first-order chi connectivity index (χ1) is 16.3. The minimum absolute atomic E-state index is 0.115. The summed E-state index contributed by atoms with van der Waals surface area (Å²) in [4.78, 5) is 35.8. The Bertz CT molecular complexity index is 1220. The Morgan fingerprint density at radius 2 is 1.62 bits per heavy atom. The molecule has 0 unspecified atom stereocenters. The average molecular weight is 503 g/mol. The highest BCUT2D eigenvalue weighted by atomic mass is 35.5. The third kappa shape index (κ3) is 7.29. The number of carbonyl (C=O) groups is 3. The first-order valence-corrected chi connectivity index (χ1v) is 10.4. The van der Waals surface area contributed by atoms with Crippen molar-refractivity contribution in [3.63, 3.8) is 0 Å². The molecule has 0 aliphatic carbocycles. The molecule has 0 atom stereocenters. The lowest BCUT2D eigenvalue weighted by atomic mass is 10.2. The zero-order valence-electron chi connectivity index (χ0n) is 17.3. The normalized spacial score (nSPS) is 10.6. The van der Waals surface area contributed by atoms with Gasteiger partial charge in [0.15, 0.2) is 6.61 Å². The predicted octanol–water partition coefficient (Wildman–Crippen LogP) is 4.24. The largest absolute Gasteiger partial charge is 0.484 e. The van der Waals surface area contributed by atoms with Gasteiger partial charge in [0.1, 0.15) is 11.6 Å². The molecule has 8 nitrogen and oxygen atoms in total. The van der Waals surface area contributed by atoms with Crippen LogP contribution in [0.15, 0.2) is 71.8 Å². The Kier molecular flexibility index (Phi) is 8.55. The maximum atomic E-state index is 12.9. The molecule has 34 heavy (non-hydrogen) atoms. The van der Waals surface area contributed by atoms with Gasteiger partial charge in [0.2, 0.25) is 0 Å². The van der Waals surface area contributed by atoms with Crippen molar-refractivity contribution in [2.75, 3.05) is 17.2 Å². The third-order valence-corrected chi connectivity index (χ3v) is 4.98. The summed E-state index contributed by atoms with van der Waals surface area (Å²) in [5.41, 5.74) is 3.35. The van der Waals surface area contributed by atoms with Crippen molar-refractivity contribution in [2.24, 2.45) is 5.10 Å².